The van der Waals surface area contributed by atoms with Gasteiger partial charge in [-0.2, -0.15) is 0 Å². The molecule has 1 aromatic carbocycles. The Morgan fingerprint density at radius 2 is 2.16 bits per heavy atom. The van der Waals surface area contributed by atoms with Crippen molar-refractivity contribution in [3.63, 3.8) is 0 Å². The molecule has 0 unspecified atom stereocenters. The number of hydrogen-bond acceptors (Lipinski definition) is 4. The lowest BCUT2D eigenvalue weighted by Gasteiger charge is -2.22. The Hall–Kier alpha value is -1.14. The van der Waals surface area contributed by atoms with Crippen LogP contribution < -0.4 is 10.6 Å². The van der Waals surface area contributed by atoms with E-state index < -0.39 is 0 Å². The van der Waals surface area contributed by atoms with Crippen LogP contribution in [0, 0.1) is 0 Å². The van der Waals surface area contributed by atoms with E-state index in [0.29, 0.717) is 18.1 Å². The number of halogens is 1. The minimum Gasteiger partial charge on any atom is -0.465 e. The van der Waals surface area contributed by atoms with Gasteiger partial charge in [0.05, 0.1) is 6.61 Å². The van der Waals surface area contributed by atoms with Crippen LogP contribution in [0.15, 0.2) is 22.7 Å². The molecule has 19 heavy (non-hydrogen) atoms. The molecule has 1 rings (SSSR count). The summed E-state index contributed by atoms with van der Waals surface area (Å²) in [4.78, 5) is 13.8. The summed E-state index contributed by atoms with van der Waals surface area (Å²) < 4.78 is 5.77. The van der Waals surface area contributed by atoms with Gasteiger partial charge in [0.25, 0.3) is 0 Å². The van der Waals surface area contributed by atoms with Gasteiger partial charge in [-0.25, -0.2) is 0 Å². The molecule has 0 bridgehead atoms. The van der Waals surface area contributed by atoms with E-state index in [1.54, 1.807) is 6.92 Å². The van der Waals surface area contributed by atoms with Gasteiger partial charge in [-0.15, -0.1) is 0 Å². The van der Waals surface area contributed by atoms with Crippen LogP contribution in [0.3, 0.4) is 0 Å². The molecule has 0 aliphatic rings. The largest absolute Gasteiger partial charge is 0.465 e. The molecule has 0 aliphatic heterocycles. The van der Waals surface area contributed by atoms with Gasteiger partial charge in [0.2, 0.25) is 0 Å². The minimum absolute atomic E-state index is 0.225. The molecule has 0 heterocycles. The SMILES string of the molecule is CCOC(=O)CN(CC)c1ccc(C(N)=S)c(Br)c1. The fraction of sp³-hybridized carbons (Fsp3) is 0.385. The molecule has 1 aromatic rings. The molecule has 2 N–H and O–H groups in total. The van der Waals surface area contributed by atoms with E-state index >= 15 is 0 Å². The molecule has 6 heteroatoms. The molecule has 104 valence electrons. The monoisotopic (exact) mass is 344 g/mol. The maximum absolute atomic E-state index is 11.5. The van der Waals surface area contributed by atoms with Crippen LogP contribution in [0.4, 0.5) is 5.69 Å². The fourth-order valence-electron chi connectivity index (χ4n) is 1.65. The lowest BCUT2D eigenvalue weighted by molar-refractivity contribution is -0.141. The highest BCUT2D eigenvalue weighted by Gasteiger charge is 2.12. The highest BCUT2D eigenvalue weighted by Crippen LogP contribution is 2.24. The van der Waals surface area contributed by atoms with Gasteiger partial charge in [0.1, 0.15) is 11.5 Å². The van der Waals surface area contributed by atoms with Crippen LogP contribution in [0.5, 0.6) is 0 Å². The summed E-state index contributed by atoms with van der Waals surface area (Å²) in [6.45, 7) is 5.09. The van der Waals surface area contributed by atoms with E-state index in [1.165, 1.54) is 0 Å². The van der Waals surface area contributed by atoms with Gasteiger partial charge in [0, 0.05) is 22.3 Å². The molecule has 0 saturated carbocycles. The number of carbonyl (C=O) groups excluding carboxylic acids is 1. The number of benzene rings is 1. The molecule has 4 nitrogen and oxygen atoms in total. The van der Waals surface area contributed by atoms with Crippen molar-refractivity contribution in [2.24, 2.45) is 5.73 Å². The van der Waals surface area contributed by atoms with Gasteiger partial charge in [0.15, 0.2) is 0 Å². The van der Waals surface area contributed by atoms with E-state index in [0.717, 1.165) is 15.7 Å². The number of ether oxygens (including phenoxy) is 1. The number of nitrogens with two attached hydrogens (primary N) is 1. The number of carbonyl (C=O) groups is 1. The molecule has 0 saturated heterocycles. The zero-order valence-corrected chi connectivity index (χ0v) is 13.4. The minimum atomic E-state index is -0.237. The summed E-state index contributed by atoms with van der Waals surface area (Å²) in [5.74, 6) is -0.237. The Morgan fingerprint density at radius 1 is 1.47 bits per heavy atom. The van der Waals surface area contributed by atoms with Crippen molar-refractivity contribution in [1.82, 2.24) is 0 Å². The summed E-state index contributed by atoms with van der Waals surface area (Å²) in [5, 5.41) is 0. The van der Waals surface area contributed by atoms with E-state index in [9.17, 15) is 4.79 Å². The third-order valence-corrected chi connectivity index (χ3v) is 3.47. The molecule has 0 atom stereocenters. The van der Waals surface area contributed by atoms with Crippen LogP contribution in [0.25, 0.3) is 0 Å². The fourth-order valence-corrected chi connectivity index (χ4v) is 2.54. The van der Waals surface area contributed by atoms with Gasteiger partial charge >= 0.3 is 5.97 Å². The number of anilines is 1. The molecule has 0 aliphatic carbocycles. The highest BCUT2D eigenvalue weighted by molar-refractivity contribution is 9.10. The van der Waals surface area contributed by atoms with Crippen molar-refractivity contribution < 1.29 is 9.53 Å². The summed E-state index contributed by atoms with van der Waals surface area (Å²) in [7, 11) is 0. The second kappa shape index (κ2) is 7.45. The first-order valence-corrected chi connectivity index (χ1v) is 7.19. The molecule has 0 aromatic heterocycles. The molecular formula is C13H17BrN2O2S. The van der Waals surface area contributed by atoms with Crippen LogP contribution >= 0.6 is 28.1 Å². The quantitative estimate of drug-likeness (QED) is 0.634. The first-order valence-electron chi connectivity index (χ1n) is 5.99. The second-order valence-corrected chi connectivity index (χ2v) is 5.14. The first kappa shape index (κ1) is 15.9. The van der Waals surface area contributed by atoms with Crippen molar-refractivity contribution in [2.75, 3.05) is 24.6 Å². The Kier molecular flexibility index (Phi) is 6.24. The maximum Gasteiger partial charge on any atom is 0.325 e. The number of thiocarbonyl (C=S) groups is 1. The summed E-state index contributed by atoms with van der Waals surface area (Å²) in [5.41, 5.74) is 7.31. The number of esters is 1. The lowest BCUT2D eigenvalue weighted by atomic mass is 10.2. The van der Waals surface area contributed by atoms with E-state index in [2.05, 4.69) is 15.9 Å². The topological polar surface area (TPSA) is 55.6 Å². The predicted octanol–water partition coefficient (Wildman–Crippen LogP) is 2.47. The average Bonchev–Trinajstić information content (AvgIpc) is 2.35. The number of nitrogens with zero attached hydrogens (tertiary/aromatic N) is 1. The van der Waals surface area contributed by atoms with E-state index in [4.69, 9.17) is 22.7 Å². The van der Waals surface area contributed by atoms with Gasteiger partial charge < -0.3 is 15.4 Å². The smallest absolute Gasteiger partial charge is 0.325 e. The summed E-state index contributed by atoms with van der Waals surface area (Å²) in [6, 6.07) is 5.63. The summed E-state index contributed by atoms with van der Waals surface area (Å²) >= 11 is 8.38. The Morgan fingerprint density at radius 3 is 2.63 bits per heavy atom. The van der Waals surface area contributed by atoms with Crippen LogP contribution in [-0.4, -0.2) is 30.7 Å². The standard InChI is InChI=1S/C13H17BrN2O2S/c1-3-16(8-12(17)18-4-2)9-5-6-10(13(15)19)11(14)7-9/h5-7H,3-4,8H2,1-2H3,(H2,15,19). The molecule has 0 spiro atoms. The zero-order chi connectivity index (χ0) is 14.4. The maximum atomic E-state index is 11.5. The van der Waals surface area contributed by atoms with Crippen molar-refractivity contribution >= 4 is 44.8 Å². The average molecular weight is 345 g/mol. The third-order valence-electron chi connectivity index (χ3n) is 2.59. The number of likely N-dealkylation sites (N-methyl/N-ethyl adjacent to an activating group) is 1. The van der Waals surface area contributed by atoms with Crippen LogP contribution in [-0.2, 0) is 9.53 Å². The van der Waals surface area contributed by atoms with Crippen molar-refractivity contribution in [1.29, 1.82) is 0 Å². The predicted molar refractivity (Wildman–Crippen MR) is 84.5 cm³/mol. The molecule has 0 radical (unpaired) electrons. The van der Waals surface area contributed by atoms with Gasteiger partial charge in [-0.05, 0) is 48.0 Å². The van der Waals surface area contributed by atoms with Crippen molar-refractivity contribution in [3.05, 3.63) is 28.2 Å². The summed E-state index contributed by atoms with van der Waals surface area (Å²) in [6.07, 6.45) is 0. The second-order valence-electron chi connectivity index (χ2n) is 3.85. The third kappa shape index (κ3) is 4.47. The van der Waals surface area contributed by atoms with Gasteiger partial charge in [-0.3, -0.25) is 4.79 Å². The van der Waals surface area contributed by atoms with Crippen LogP contribution in [0.1, 0.15) is 19.4 Å². The van der Waals surface area contributed by atoms with Crippen molar-refractivity contribution in [2.45, 2.75) is 13.8 Å². The Bertz CT molecular complexity index is 480. The van der Waals surface area contributed by atoms with E-state index in [-0.39, 0.29) is 12.5 Å². The van der Waals surface area contributed by atoms with Gasteiger partial charge in [-0.1, -0.05) is 12.2 Å². The molecule has 0 fully saturated rings. The normalized spacial score (nSPS) is 10.1. The first-order chi connectivity index (χ1) is 8.99. The molecular weight excluding hydrogens is 328 g/mol. The number of rotatable bonds is 6. The Labute approximate surface area is 127 Å². The van der Waals surface area contributed by atoms with Crippen molar-refractivity contribution in [3.8, 4) is 0 Å². The highest BCUT2D eigenvalue weighted by atomic mass is 79.9. The number of hydrogen-bond donors (Lipinski definition) is 1. The lowest BCUT2D eigenvalue weighted by Crippen LogP contribution is -2.30. The zero-order valence-electron chi connectivity index (χ0n) is 11.0. The molecule has 0 amide bonds. The van der Waals surface area contributed by atoms with E-state index in [1.807, 2.05) is 30.0 Å². The van der Waals surface area contributed by atoms with Crippen LogP contribution in [0.2, 0.25) is 0 Å². The Balaban J connectivity index is 2.90.